The Hall–Kier alpha value is -2.09. The first kappa shape index (κ1) is 12.9. The van der Waals surface area contributed by atoms with E-state index in [0.717, 1.165) is 35.3 Å². The molecule has 102 valence electrons. The summed E-state index contributed by atoms with van der Waals surface area (Å²) in [6.07, 6.45) is 3.29. The largest absolute Gasteiger partial charge is 0.490 e. The summed E-state index contributed by atoms with van der Waals surface area (Å²) in [5.74, 6) is 1.11. The second kappa shape index (κ2) is 5.49. The lowest BCUT2D eigenvalue weighted by Crippen LogP contribution is -1.96. The number of ketones is 1. The van der Waals surface area contributed by atoms with Gasteiger partial charge in [0.2, 0.25) is 0 Å². The van der Waals surface area contributed by atoms with Crippen LogP contribution < -0.4 is 4.74 Å². The monoisotopic (exact) mass is 266 g/mol. The van der Waals surface area contributed by atoms with Gasteiger partial charge in [0.15, 0.2) is 5.78 Å². The van der Waals surface area contributed by atoms with E-state index in [1.165, 1.54) is 0 Å². The first-order chi connectivity index (χ1) is 9.76. The van der Waals surface area contributed by atoms with E-state index in [4.69, 9.17) is 4.74 Å². The van der Waals surface area contributed by atoms with E-state index in [1.807, 2.05) is 43.3 Å². The Kier molecular flexibility index (Phi) is 3.55. The Morgan fingerprint density at radius 1 is 1.10 bits per heavy atom. The average Bonchev–Trinajstić information content (AvgIpc) is 3.31. The predicted molar refractivity (Wildman–Crippen MR) is 80.1 cm³/mol. The molecular weight excluding hydrogens is 248 g/mol. The summed E-state index contributed by atoms with van der Waals surface area (Å²) in [5, 5.41) is 0. The number of Topliss-reactive ketones (excluding diaryl/α,β-unsaturated/α-hetero) is 1. The molecule has 1 aliphatic rings. The number of hydrogen-bond acceptors (Lipinski definition) is 2. The van der Waals surface area contributed by atoms with E-state index in [-0.39, 0.29) is 5.78 Å². The van der Waals surface area contributed by atoms with Gasteiger partial charge in [-0.25, -0.2) is 0 Å². The van der Waals surface area contributed by atoms with E-state index in [1.54, 1.807) is 0 Å². The molecule has 1 saturated carbocycles. The van der Waals surface area contributed by atoms with E-state index in [9.17, 15) is 4.79 Å². The van der Waals surface area contributed by atoms with Crippen molar-refractivity contribution >= 4 is 5.78 Å². The normalized spacial score (nSPS) is 14.1. The number of ether oxygens (including phenoxy) is 1. The highest BCUT2D eigenvalue weighted by Gasteiger charge is 2.23. The molecule has 0 spiro atoms. The van der Waals surface area contributed by atoms with Gasteiger partial charge in [-0.15, -0.1) is 0 Å². The number of hydrogen-bond donors (Lipinski definition) is 0. The molecular formula is C18H18O2. The van der Waals surface area contributed by atoms with Gasteiger partial charge in [-0.05, 0) is 36.1 Å². The molecule has 0 aromatic heterocycles. The minimum Gasteiger partial charge on any atom is -0.490 e. The zero-order valence-electron chi connectivity index (χ0n) is 11.6. The fraction of sp³-hybridized carbons (Fsp3) is 0.278. The number of carbonyl (C=O) groups is 1. The number of carbonyl (C=O) groups excluding carboxylic acids is 1. The van der Waals surface area contributed by atoms with Crippen molar-refractivity contribution in [3.05, 3.63) is 54.1 Å². The molecule has 0 radical (unpaired) electrons. The molecule has 0 amide bonds. The fourth-order valence-electron chi connectivity index (χ4n) is 2.18. The van der Waals surface area contributed by atoms with Crippen molar-refractivity contribution in [3.8, 4) is 16.9 Å². The van der Waals surface area contributed by atoms with Crippen LogP contribution in [0.3, 0.4) is 0 Å². The lowest BCUT2D eigenvalue weighted by Gasteiger charge is -2.07. The van der Waals surface area contributed by atoms with Crippen LogP contribution in [0.4, 0.5) is 0 Å². The highest BCUT2D eigenvalue weighted by atomic mass is 16.5. The van der Waals surface area contributed by atoms with Crippen molar-refractivity contribution in [3.63, 3.8) is 0 Å². The molecule has 0 saturated heterocycles. The van der Waals surface area contributed by atoms with E-state index in [0.29, 0.717) is 12.5 Å². The summed E-state index contributed by atoms with van der Waals surface area (Å²) < 4.78 is 5.81. The molecule has 2 aromatic carbocycles. The van der Waals surface area contributed by atoms with Crippen molar-refractivity contribution in [1.82, 2.24) is 0 Å². The lowest BCUT2D eigenvalue weighted by molar-refractivity contribution is 0.0988. The molecule has 0 aliphatic heterocycles. The molecule has 1 fully saturated rings. The summed E-state index contributed by atoms with van der Waals surface area (Å²) in [5.41, 5.74) is 3.01. The Labute approximate surface area is 119 Å². The third-order valence-electron chi connectivity index (χ3n) is 3.52. The van der Waals surface area contributed by atoms with Gasteiger partial charge < -0.3 is 4.74 Å². The second-order valence-corrected chi connectivity index (χ2v) is 5.20. The minimum atomic E-state index is 0.183. The molecule has 0 atom stereocenters. The molecule has 0 N–H and O–H groups in total. The molecule has 2 heteroatoms. The Bertz CT molecular complexity index is 610. The molecule has 3 rings (SSSR count). The van der Waals surface area contributed by atoms with Gasteiger partial charge in [-0.1, -0.05) is 43.3 Å². The smallest absolute Gasteiger partial charge is 0.162 e. The molecule has 0 unspecified atom stereocenters. The van der Waals surface area contributed by atoms with E-state index < -0.39 is 0 Å². The highest BCUT2D eigenvalue weighted by Crippen LogP contribution is 2.30. The summed E-state index contributed by atoms with van der Waals surface area (Å²) >= 11 is 0. The first-order valence-corrected chi connectivity index (χ1v) is 7.16. The van der Waals surface area contributed by atoms with Crippen LogP contribution in [0.25, 0.3) is 11.1 Å². The number of rotatable bonds is 5. The van der Waals surface area contributed by atoms with Crippen LogP contribution in [0.2, 0.25) is 0 Å². The van der Waals surface area contributed by atoms with E-state index >= 15 is 0 Å². The van der Waals surface area contributed by atoms with Gasteiger partial charge in [0, 0.05) is 12.0 Å². The standard InChI is InChI=1S/C18H18O2/c1-2-18(19)14-8-6-13(7-9-14)15-4-3-5-17(12-15)20-16-10-11-16/h3-9,12,16H,2,10-11H2,1H3. The van der Waals surface area contributed by atoms with Crippen molar-refractivity contribution in [1.29, 1.82) is 0 Å². The third-order valence-corrected chi connectivity index (χ3v) is 3.52. The van der Waals surface area contributed by atoms with Crippen LogP contribution in [-0.4, -0.2) is 11.9 Å². The number of benzene rings is 2. The highest BCUT2D eigenvalue weighted by molar-refractivity contribution is 5.96. The summed E-state index contributed by atoms with van der Waals surface area (Å²) in [4.78, 5) is 11.6. The van der Waals surface area contributed by atoms with Crippen molar-refractivity contribution in [2.75, 3.05) is 0 Å². The Morgan fingerprint density at radius 2 is 1.85 bits per heavy atom. The van der Waals surface area contributed by atoms with Crippen molar-refractivity contribution in [2.45, 2.75) is 32.3 Å². The van der Waals surface area contributed by atoms with Gasteiger partial charge >= 0.3 is 0 Å². The molecule has 0 bridgehead atoms. The van der Waals surface area contributed by atoms with Gasteiger partial charge in [-0.3, -0.25) is 4.79 Å². The Balaban J connectivity index is 1.82. The maximum atomic E-state index is 11.6. The van der Waals surface area contributed by atoms with Crippen LogP contribution >= 0.6 is 0 Å². The zero-order chi connectivity index (χ0) is 13.9. The van der Waals surface area contributed by atoms with Crippen LogP contribution in [0.15, 0.2) is 48.5 Å². The van der Waals surface area contributed by atoms with Crippen molar-refractivity contribution < 1.29 is 9.53 Å². The summed E-state index contributed by atoms with van der Waals surface area (Å²) in [7, 11) is 0. The van der Waals surface area contributed by atoms with Gasteiger partial charge in [-0.2, -0.15) is 0 Å². The molecule has 1 aliphatic carbocycles. The summed E-state index contributed by atoms with van der Waals surface area (Å²) in [6.45, 7) is 1.88. The molecule has 20 heavy (non-hydrogen) atoms. The molecule has 0 heterocycles. The van der Waals surface area contributed by atoms with Crippen LogP contribution in [0, 0.1) is 0 Å². The first-order valence-electron chi connectivity index (χ1n) is 7.16. The van der Waals surface area contributed by atoms with Gasteiger partial charge in [0.25, 0.3) is 0 Å². The maximum Gasteiger partial charge on any atom is 0.162 e. The molecule has 2 aromatic rings. The lowest BCUT2D eigenvalue weighted by atomic mass is 10.0. The van der Waals surface area contributed by atoms with Crippen LogP contribution in [-0.2, 0) is 0 Å². The quantitative estimate of drug-likeness (QED) is 0.745. The van der Waals surface area contributed by atoms with E-state index in [2.05, 4.69) is 12.1 Å². The predicted octanol–water partition coefficient (Wildman–Crippen LogP) is 4.49. The average molecular weight is 266 g/mol. The SMILES string of the molecule is CCC(=O)c1ccc(-c2cccc(OC3CC3)c2)cc1. The Morgan fingerprint density at radius 3 is 2.50 bits per heavy atom. The minimum absolute atomic E-state index is 0.183. The topological polar surface area (TPSA) is 26.3 Å². The van der Waals surface area contributed by atoms with Gasteiger partial charge in [0.1, 0.15) is 5.75 Å². The van der Waals surface area contributed by atoms with Crippen molar-refractivity contribution in [2.24, 2.45) is 0 Å². The zero-order valence-corrected chi connectivity index (χ0v) is 11.6. The fourth-order valence-corrected chi connectivity index (χ4v) is 2.18. The van der Waals surface area contributed by atoms with Crippen LogP contribution in [0.5, 0.6) is 5.75 Å². The second-order valence-electron chi connectivity index (χ2n) is 5.20. The van der Waals surface area contributed by atoms with Gasteiger partial charge in [0.05, 0.1) is 6.10 Å². The van der Waals surface area contributed by atoms with Crippen LogP contribution in [0.1, 0.15) is 36.5 Å². The summed E-state index contributed by atoms with van der Waals surface area (Å²) in [6, 6.07) is 15.9. The maximum absolute atomic E-state index is 11.6. The third kappa shape index (κ3) is 2.90. The molecule has 2 nitrogen and oxygen atoms in total.